The molecule has 0 N–H and O–H groups in total. The molecule has 0 aromatic carbocycles. The van der Waals surface area contributed by atoms with Crippen molar-refractivity contribution in [3.8, 4) is 0 Å². The van der Waals surface area contributed by atoms with Crippen LogP contribution in [0.5, 0.6) is 0 Å². The number of alkyl halides is 3. The standard InChI is InChI=1S/C20H22BrF3N6O/c1-4-29-16(14(21)8-25-29)9-28(3)17(31)10-30-19-18(11(2)27-30)13(20(22,23)24)7-15(26-19)12-5-6-12/h7-8,12H,4-6,9-10H2,1-3H3. The Morgan fingerprint density at radius 1 is 1.32 bits per heavy atom. The minimum atomic E-state index is -4.52. The van der Waals surface area contributed by atoms with Gasteiger partial charge in [0.2, 0.25) is 5.91 Å². The number of carbonyl (C=O) groups excluding carboxylic acids is 1. The molecule has 0 aliphatic heterocycles. The highest BCUT2D eigenvalue weighted by molar-refractivity contribution is 9.10. The van der Waals surface area contributed by atoms with Crippen molar-refractivity contribution in [3.05, 3.63) is 39.4 Å². The van der Waals surface area contributed by atoms with Crippen LogP contribution < -0.4 is 0 Å². The van der Waals surface area contributed by atoms with Crippen LogP contribution in [0.15, 0.2) is 16.7 Å². The third-order valence-electron chi connectivity index (χ3n) is 5.49. The van der Waals surface area contributed by atoms with Gasteiger partial charge in [0, 0.05) is 25.2 Å². The van der Waals surface area contributed by atoms with E-state index in [0.29, 0.717) is 18.8 Å². The Morgan fingerprint density at radius 2 is 2.03 bits per heavy atom. The molecule has 1 saturated carbocycles. The van der Waals surface area contributed by atoms with Crippen LogP contribution in [0, 0.1) is 6.92 Å². The Balaban J connectivity index is 1.66. The molecule has 0 radical (unpaired) electrons. The van der Waals surface area contributed by atoms with Crippen LogP contribution in [-0.2, 0) is 30.6 Å². The maximum Gasteiger partial charge on any atom is 0.417 e. The fourth-order valence-corrected chi connectivity index (χ4v) is 4.10. The van der Waals surface area contributed by atoms with Crippen molar-refractivity contribution in [2.45, 2.75) is 58.4 Å². The zero-order chi connectivity index (χ0) is 22.5. The number of rotatable bonds is 6. The second-order valence-electron chi connectivity index (χ2n) is 7.81. The van der Waals surface area contributed by atoms with E-state index in [1.807, 2.05) is 6.92 Å². The van der Waals surface area contributed by atoms with Gasteiger partial charge in [0.05, 0.1) is 39.6 Å². The van der Waals surface area contributed by atoms with Crippen molar-refractivity contribution in [1.29, 1.82) is 0 Å². The van der Waals surface area contributed by atoms with E-state index >= 15 is 0 Å². The van der Waals surface area contributed by atoms with E-state index in [-0.39, 0.29) is 35.1 Å². The van der Waals surface area contributed by atoms with Crippen molar-refractivity contribution in [1.82, 2.24) is 29.4 Å². The fourth-order valence-electron chi connectivity index (χ4n) is 3.67. The number of aryl methyl sites for hydroxylation is 2. The summed E-state index contributed by atoms with van der Waals surface area (Å²) in [5, 5.41) is 8.43. The molecule has 1 fully saturated rings. The zero-order valence-electron chi connectivity index (χ0n) is 17.4. The summed E-state index contributed by atoms with van der Waals surface area (Å²) in [6.45, 7) is 4.22. The van der Waals surface area contributed by atoms with Gasteiger partial charge in [-0.3, -0.25) is 9.48 Å². The fraction of sp³-hybridized carbons (Fsp3) is 0.500. The van der Waals surface area contributed by atoms with Crippen molar-refractivity contribution in [2.75, 3.05) is 7.05 Å². The molecule has 0 unspecified atom stereocenters. The number of amides is 1. The first kappa shape index (κ1) is 21.8. The van der Waals surface area contributed by atoms with E-state index in [0.717, 1.165) is 29.1 Å². The van der Waals surface area contributed by atoms with Gasteiger partial charge < -0.3 is 4.90 Å². The zero-order valence-corrected chi connectivity index (χ0v) is 19.0. The maximum atomic E-state index is 13.7. The Bertz CT molecular complexity index is 1150. The van der Waals surface area contributed by atoms with Crippen LogP contribution in [0.1, 0.15) is 48.3 Å². The number of pyridine rings is 1. The molecule has 3 heterocycles. The molecule has 7 nitrogen and oxygen atoms in total. The van der Waals surface area contributed by atoms with Crippen LogP contribution in [-0.4, -0.2) is 42.4 Å². The van der Waals surface area contributed by atoms with E-state index < -0.39 is 11.7 Å². The third-order valence-corrected chi connectivity index (χ3v) is 6.16. The van der Waals surface area contributed by atoms with E-state index in [1.165, 1.54) is 16.5 Å². The average molecular weight is 499 g/mol. The average Bonchev–Trinajstić information content (AvgIpc) is 3.44. The van der Waals surface area contributed by atoms with Crippen LogP contribution in [0.25, 0.3) is 11.0 Å². The monoisotopic (exact) mass is 498 g/mol. The first-order chi connectivity index (χ1) is 14.6. The highest BCUT2D eigenvalue weighted by atomic mass is 79.9. The normalized spacial score (nSPS) is 14.4. The Labute approximate surface area is 185 Å². The molecule has 3 aromatic rings. The molecular formula is C20H22BrF3N6O. The third kappa shape index (κ3) is 4.19. The van der Waals surface area contributed by atoms with Crippen LogP contribution in [0.4, 0.5) is 13.2 Å². The van der Waals surface area contributed by atoms with Gasteiger partial charge in [-0.15, -0.1) is 0 Å². The van der Waals surface area contributed by atoms with Crippen LogP contribution >= 0.6 is 15.9 Å². The topological polar surface area (TPSA) is 68.8 Å². The van der Waals surface area contributed by atoms with Gasteiger partial charge >= 0.3 is 6.18 Å². The molecular weight excluding hydrogens is 477 g/mol. The Hall–Kier alpha value is -2.43. The van der Waals surface area contributed by atoms with E-state index in [9.17, 15) is 18.0 Å². The lowest BCUT2D eigenvalue weighted by atomic mass is 10.1. The predicted octanol–water partition coefficient (Wildman–Crippen LogP) is 4.27. The van der Waals surface area contributed by atoms with E-state index in [4.69, 9.17) is 0 Å². The molecule has 3 aromatic heterocycles. The molecule has 0 bridgehead atoms. The summed E-state index contributed by atoms with van der Waals surface area (Å²) >= 11 is 3.44. The van der Waals surface area contributed by atoms with Gasteiger partial charge in [0.25, 0.3) is 0 Å². The lowest BCUT2D eigenvalue weighted by Crippen LogP contribution is -2.31. The molecule has 166 valence electrons. The summed E-state index contributed by atoms with van der Waals surface area (Å²) in [5.41, 5.74) is 0.834. The Morgan fingerprint density at radius 3 is 2.65 bits per heavy atom. The smallest absolute Gasteiger partial charge is 0.338 e. The highest BCUT2D eigenvalue weighted by Crippen LogP contribution is 2.43. The number of hydrogen-bond donors (Lipinski definition) is 0. The summed E-state index contributed by atoms with van der Waals surface area (Å²) in [7, 11) is 1.64. The first-order valence-electron chi connectivity index (χ1n) is 9.99. The molecule has 1 amide bonds. The molecule has 31 heavy (non-hydrogen) atoms. The molecule has 4 rings (SSSR count). The number of carbonyl (C=O) groups is 1. The van der Waals surface area contributed by atoms with Crippen LogP contribution in [0.3, 0.4) is 0 Å². The van der Waals surface area contributed by atoms with Gasteiger partial charge in [0.15, 0.2) is 5.65 Å². The van der Waals surface area contributed by atoms with Crippen LogP contribution in [0.2, 0.25) is 0 Å². The molecule has 0 spiro atoms. The highest BCUT2D eigenvalue weighted by Gasteiger charge is 2.37. The molecule has 1 aliphatic carbocycles. The number of nitrogens with zero attached hydrogens (tertiary/aromatic N) is 6. The van der Waals surface area contributed by atoms with Gasteiger partial charge in [-0.2, -0.15) is 23.4 Å². The van der Waals surface area contributed by atoms with E-state index in [2.05, 4.69) is 31.1 Å². The van der Waals surface area contributed by atoms with Crippen molar-refractivity contribution >= 4 is 32.9 Å². The summed E-state index contributed by atoms with van der Waals surface area (Å²) in [6.07, 6.45) is -1.20. The van der Waals surface area contributed by atoms with Gasteiger partial charge in [-0.25, -0.2) is 9.67 Å². The second kappa shape index (κ2) is 7.92. The molecule has 0 saturated heterocycles. The van der Waals surface area contributed by atoms with Crippen molar-refractivity contribution < 1.29 is 18.0 Å². The lowest BCUT2D eigenvalue weighted by molar-refractivity contribution is -0.136. The number of fused-ring (bicyclic) bond motifs is 1. The summed E-state index contributed by atoms with van der Waals surface area (Å²) in [6, 6.07) is 1.14. The quantitative estimate of drug-likeness (QED) is 0.508. The first-order valence-corrected chi connectivity index (χ1v) is 10.8. The lowest BCUT2D eigenvalue weighted by Gasteiger charge is -2.18. The maximum absolute atomic E-state index is 13.7. The number of hydrogen-bond acceptors (Lipinski definition) is 4. The largest absolute Gasteiger partial charge is 0.417 e. The Kier molecular flexibility index (Phi) is 5.57. The minimum Gasteiger partial charge on any atom is -0.338 e. The predicted molar refractivity (Wildman–Crippen MR) is 111 cm³/mol. The summed E-state index contributed by atoms with van der Waals surface area (Å²) in [4.78, 5) is 18.9. The number of halogens is 4. The minimum absolute atomic E-state index is 0.0409. The second-order valence-corrected chi connectivity index (χ2v) is 8.67. The summed E-state index contributed by atoms with van der Waals surface area (Å²) < 4.78 is 45.0. The van der Waals surface area contributed by atoms with Crippen molar-refractivity contribution in [2.24, 2.45) is 0 Å². The summed E-state index contributed by atoms with van der Waals surface area (Å²) in [5.74, 6) is -0.244. The molecule has 1 aliphatic rings. The van der Waals surface area contributed by atoms with Gasteiger partial charge in [0.1, 0.15) is 6.54 Å². The van der Waals surface area contributed by atoms with Gasteiger partial charge in [-0.1, -0.05) is 0 Å². The van der Waals surface area contributed by atoms with E-state index in [1.54, 1.807) is 17.9 Å². The number of likely N-dealkylation sites (N-methyl/N-ethyl adjacent to an activating group) is 1. The SMILES string of the molecule is CCn1ncc(Br)c1CN(C)C(=O)Cn1nc(C)c2c(C(F)(F)F)cc(C3CC3)nc21. The van der Waals surface area contributed by atoms with Crippen molar-refractivity contribution in [3.63, 3.8) is 0 Å². The van der Waals surface area contributed by atoms with Gasteiger partial charge in [-0.05, 0) is 48.7 Å². The number of aromatic nitrogens is 5. The molecule has 11 heteroatoms. The molecule has 0 atom stereocenters.